The molecule has 7 heteroatoms. The van der Waals surface area contributed by atoms with Gasteiger partial charge in [-0.3, -0.25) is 9.59 Å². The van der Waals surface area contributed by atoms with Crippen LogP contribution in [0.2, 0.25) is 0 Å². The Kier molecular flexibility index (Phi) is 7.52. The molecule has 0 aliphatic carbocycles. The minimum atomic E-state index is -0.878. The Morgan fingerprint density at radius 3 is 1.71 bits per heavy atom. The monoisotopic (exact) mass is 489 g/mol. The van der Waals surface area contributed by atoms with Crippen molar-refractivity contribution in [1.29, 1.82) is 0 Å². The fourth-order valence-corrected chi connectivity index (χ4v) is 5.77. The Morgan fingerprint density at radius 2 is 1.20 bits per heavy atom. The van der Waals surface area contributed by atoms with E-state index in [2.05, 4.69) is 0 Å². The van der Waals surface area contributed by atoms with E-state index in [-0.39, 0.29) is 11.8 Å². The van der Waals surface area contributed by atoms with Gasteiger partial charge in [0.25, 0.3) is 5.22 Å². The number of carbonyl (C=O) groups is 2. The first-order valence-corrected chi connectivity index (χ1v) is 13.4. The second-order valence-corrected chi connectivity index (χ2v) is 10.2. The van der Waals surface area contributed by atoms with E-state index in [0.717, 1.165) is 61.4 Å². The summed E-state index contributed by atoms with van der Waals surface area (Å²) in [5, 5.41) is -0.527. The highest BCUT2D eigenvalue weighted by atomic mass is 32.2. The Bertz CT molecular complexity index is 1050. The maximum atomic E-state index is 13.6. The minimum absolute atomic E-state index is 0.119. The van der Waals surface area contributed by atoms with Crippen LogP contribution in [-0.2, 0) is 9.59 Å². The molecule has 5 rings (SSSR count). The lowest BCUT2D eigenvalue weighted by atomic mass is 10.1. The van der Waals surface area contributed by atoms with Gasteiger partial charge in [-0.25, -0.2) is 4.98 Å². The molecule has 2 aromatic carbocycles. The summed E-state index contributed by atoms with van der Waals surface area (Å²) in [4.78, 5) is 35.7. The molecule has 2 aliphatic rings. The molecule has 2 saturated heterocycles. The zero-order valence-electron chi connectivity index (χ0n) is 19.9. The molecule has 2 amide bonds. The number of amides is 2. The van der Waals surface area contributed by atoms with Crippen molar-refractivity contribution >= 4 is 23.6 Å². The van der Waals surface area contributed by atoms with Gasteiger partial charge in [0.1, 0.15) is 5.69 Å². The summed E-state index contributed by atoms with van der Waals surface area (Å²) in [7, 11) is 0. The van der Waals surface area contributed by atoms with Gasteiger partial charge in [-0.05, 0) is 50.3 Å². The van der Waals surface area contributed by atoms with Gasteiger partial charge in [0.05, 0.1) is 0 Å². The summed E-state index contributed by atoms with van der Waals surface area (Å²) in [5.74, 6) is 0.408. The summed E-state index contributed by atoms with van der Waals surface area (Å²) in [6.45, 7) is 2.83. The molecular formula is C28H31N3O3S. The van der Waals surface area contributed by atoms with Gasteiger partial charge in [0.15, 0.2) is 11.0 Å². The number of hydrogen-bond donors (Lipinski definition) is 0. The number of oxazole rings is 1. The number of carbonyl (C=O) groups excluding carboxylic acids is 2. The van der Waals surface area contributed by atoms with E-state index < -0.39 is 5.25 Å². The third-order valence-corrected chi connectivity index (χ3v) is 7.71. The van der Waals surface area contributed by atoms with E-state index in [4.69, 9.17) is 9.40 Å². The molecular weight excluding hydrogens is 458 g/mol. The van der Waals surface area contributed by atoms with Crippen molar-refractivity contribution in [2.75, 3.05) is 26.2 Å². The molecule has 3 aromatic rings. The topological polar surface area (TPSA) is 66.7 Å². The summed E-state index contributed by atoms with van der Waals surface area (Å²) >= 11 is 1.16. The normalized spacial score (nSPS) is 16.5. The smallest absolute Gasteiger partial charge is 0.258 e. The van der Waals surface area contributed by atoms with E-state index in [9.17, 15) is 9.59 Å². The molecule has 0 N–H and O–H groups in total. The number of piperidine rings is 2. The largest absolute Gasteiger partial charge is 0.431 e. The molecule has 3 heterocycles. The van der Waals surface area contributed by atoms with Gasteiger partial charge in [-0.2, -0.15) is 0 Å². The van der Waals surface area contributed by atoms with E-state index in [1.807, 2.05) is 70.5 Å². The lowest BCUT2D eigenvalue weighted by Crippen LogP contribution is -2.49. The van der Waals surface area contributed by atoms with Crippen molar-refractivity contribution in [3.8, 4) is 22.6 Å². The van der Waals surface area contributed by atoms with Crippen molar-refractivity contribution in [2.24, 2.45) is 0 Å². The van der Waals surface area contributed by atoms with Crippen molar-refractivity contribution < 1.29 is 14.0 Å². The molecule has 0 saturated carbocycles. The minimum Gasteiger partial charge on any atom is -0.431 e. The lowest BCUT2D eigenvalue weighted by molar-refractivity contribution is -0.140. The predicted octanol–water partition coefficient (Wildman–Crippen LogP) is 5.49. The van der Waals surface area contributed by atoms with Crippen LogP contribution in [0.3, 0.4) is 0 Å². The van der Waals surface area contributed by atoms with Crippen LogP contribution in [0, 0.1) is 0 Å². The first kappa shape index (κ1) is 23.7. The number of benzene rings is 2. The van der Waals surface area contributed by atoms with Crippen molar-refractivity contribution in [3.05, 3.63) is 60.7 Å². The van der Waals surface area contributed by atoms with E-state index in [1.165, 1.54) is 0 Å². The number of hydrogen-bond acceptors (Lipinski definition) is 5. The molecule has 0 atom stereocenters. The van der Waals surface area contributed by atoms with E-state index in [0.29, 0.717) is 42.9 Å². The number of thioether (sulfide) groups is 1. The standard InChI is InChI=1S/C28H31N3O3S/c32-26(30-17-9-3-10-18-30)25(27(33)31-19-11-4-12-20-31)35-28-29-23(21-13-5-1-6-14-21)24(34-28)22-15-7-2-8-16-22/h1-2,5-8,13-16,25H,3-4,9-12,17-20H2. The van der Waals surface area contributed by atoms with Crippen LogP contribution < -0.4 is 0 Å². The summed E-state index contributed by atoms with van der Waals surface area (Å²) in [6.07, 6.45) is 6.18. The van der Waals surface area contributed by atoms with Crippen LogP contribution in [0.1, 0.15) is 38.5 Å². The maximum absolute atomic E-state index is 13.6. The first-order valence-electron chi connectivity index (χ1n) is 12.6. The van der Waals surface area contributed by atoms with Crippen LogP contribution in [0.5, 0.6) is 0 Å². The van der Waals surface area contributed by atoms with Gasteiger partial charge < -0.3 is 14.2 Å². The molecule has 0 radical (unpaired) electrons. The van der Waals surface area contributed by atoms with Crippen LogP contribution in [0.15, 0.2) is 70.3 Å². The molecule has 6 nitrogen and oxygen atoms in total. The van der Waals surface area contributed by atoms with Crippen molar-refractivity contribution in [1.82, 2.24) is 14.8 Å². The maximum Gasteiger partial charge on any atom is 0.258 e. The second-order valence-electron chi connectivity index (χ2n) is 9.16. The number of rotatable bonds is 6. The third-order valence-electron chi connectivity index (χ3n) is 6.69. The predicted molar refractivity (Wildman–Crippen MR) is 138 cm³/mol. The fourth-order valence-electron chi connectivity index (χ4n) is 4.80. The quantitative estimate of drug-likeness (QED) is 0.338. The summed E-state index contributed by atoms with van der Waals surface area (Å²) < 4.78 is 6.27. The zero-order chi connectivity index (χ0) is 24.0. The Morgan fingerprint density at radius 1 is 0.714 bits per heavy atom. The Labute approximate surface area is 210 Å². The molecule has 0 spiro atoms. The average molecular weight is 490 g/mol. The number of likely N-dealkylation sites (tertiary alicyclic amines) is 2. The average Bonchev–Trinajstić information content (AvgIpc) is 3.37. The molecule has 2 fully saturated rings. The zero-order valence-corrected chi connectivity index (χ0v) is 20.7. The number of aromatic nitrogens is 1. The SMILES string of the molecule is O=C(C(Sc1nc(-c2ccccc2)c(-c2ccccc2)o1)C(=O)N1CCCCC1)N1CCCCC1. The molecule has 35 heavy (non-hydrogen) atoms. The van der Waals surface area contributed by atoms with Crippen molar-refractivity contribution in [3.63, 3.8) is 0 Å². The highest BCUT2D eigenvalue weighted by molar-refractivity contribution is 8.01. The summed E-state index contributed by atoms with van der Waals surface area (Å²) in [5.41, 5.74) is 2.56. The van der Waals surface area contributed by atoms with Gasteiger partial charge in [0.2, 0.25) is 11.8 Å². The first-order chi connectivity index (χ1) is 17.2. The molecule has 0 unspecified atom stereocenters. The molecule has 1 aromatic heterocycles. The highest BCUT2D eigenvalue weighted by Crippen LogP contribution is 2.37. The Hall–Kier alpha value is -3.06. The lowest BCUT2D eigenvalue weighted by Gasteiger charge is -2.33. The molecule has 0 bridgehead atoms. The molecule has 2 aliphatic heterocycles. The fraction of sp³-hybridized carbons (Fsp3) is 0.393. The van der Waals surface area contributed by atoms with E-state index in [1.54, 1.807) is 0 Å². The second kappa shape index (κ2) is 11.1. The third kappa shape index (κ3) is 5.45. The van der Waals surface area contributed by atoms with Crippen LogP contribution in [-0.4, -0.2) is 58.0 Å². The van der Waals surface area contributed by atoms with Gasteiger partial charge in [0, 0.05) is 37.3 Å². The highest BCUT2D eigenvalue weighted by Gasteiger charge is 2.37. The number of nitrogens with zero attached hydrogens (tertiary/aromatic N) is 3. The van der Waals surface area contributed by atoms with Crippen LogP contribution in [0.4, 0.5) is 0 Å². The van der Waals surface area contributed by atoms with E-state index >= 15 is 0 Å². The van der Waals surface area contributed by atoms with Gasteiger partial charge in [-0.15, -0.1) is 0 Å². The van der Waals surface area contributed by atoms with Crippen LogP contribution in [0.25, 0.3) is 22.6 Å². The van der Waals surface area contributed by atoms with Crippen molar-refractivity contribution in [2.45, 2.75) is 49.0 Å². The van der Waals surface area contributed by atoms with Crippen LogP contribution >= 0.6 is 11.8 Å². The Balaban J connectivity index is 1.49. The summed E-state index contributed by atoms with van der Waals surface area (Å²) in [6, 6.07) is 19.7. The van der Waals surface area contributed by atoms with Gasteiger partial charge in [-0.1, -0.05) is 60.7 Å². The van der Waals surface area contributed by atoms with Gasteiger partial charge >= 0.3 is 0 Å². The molecule has 182 valence electrons.